The zero-order valence-corrected chi connectivity index (χ0v) is 9.95. The van der Waals surface area contributed by atoms with Crippen LogP contribution in [-0.4, -0.2) is 25.2 Å². The van der Waals surface area contributed by atoms with Gasteiger partial charge >= 0.3 is 0 Å². The van der Waals surface area contributed by atoms with Gasteiger partial charge in [0.05, 0.1) is 6.10 Å². The second kappa shape index (κ2) is 5.73. The highest BCUT2D eigenvalue weighted by Gasteiger charge is 1.99. The van der Waals surface area contributed by atoms with Crippen LogP contribution in [0.15, 0.2) is 24.3 Å². The number of ether oxygens (including phenoxy) is 1. The maximum absolute atomic E-state index is 5.62. The lowest BCUT2D eigenvalue weighted by atomic mass is 10.2. The number of nitrogens with one attached hydrogen (secondary N) is 1. The Morgan fingerprint density at radius 3 is 2.67 bits per heavy atom. The first-order valence-electron chi connectivity index (χ1n) is 5.24. The first-order chi connectivity index (χ1) is 7.08. The van der Waals surface area contributed by atoms with Gasteiger partial charge in [0.25, 0.3) is 0 Å². The summed E-state index contributed by atoms with van der Waals surface area (Å²) in [5.74, 6) is 0.933. The number of rotatable bonds is 5. The van der Waals surface area contributed by atoms with Crippen LogP contribution in [0.1, 0.15) is 19.4 Å². The highest BCUT2D eigenvalue weighted by Crippen LogP contribution is 2.14. The van der Waals surface area contributed by atoms with E-state index in [0.717, 1.165) is 12.3 Å². The molecule has 0 bridgehead atoms. The first-order valence-corrected chi connectivity index (χ1v) is 5.24. The van der Waals surface area contributed by atoms with Crippen molar-refractivity contribution in [2.75, 3.05) is 14.1 Å². The van der Waals surface area contributed by atoms with E-state index in [1.165, 1.54) is 5.56 Å². The third-order valence-corrected chi connectivity index (χ3v) is 1.87. The van der Waals surface area contributed by atoms with Crippen molar-refractivity contribution < 1.29 is 4.74 Å². The molecular weight excluding hydrogens is 188 g/mol. The van der Waals surface area contributed by atoms with Crippen molar-refractivity contribution in [3.8, 4) is 5.75 Å². The van der Waals surface area contributed by atoms with E-state index in [2.05, 4.69) is 17.6 Å². The topological polar surface area (TPSA) is 24.5 Å². The standard InChI is InChI=1S/C12H20N2O/c1-10(2)15-12-7-5-6-11(8-12)9-13-14(3)4/h5-8,10,13H,9H2,1-4H3. The van der Waals surface area contributed by atoms with Gasteiger partial charge in [-0.3, -0.25) is 10.4 Å². The van der Waals surface area contributed by atoms with Crippen LogP contribution in [0.4, 0.5) is 0 Å². The highest BCUT2D eigenvalue weighted by atomic mass is 16.5. The molecule has 0 saturated heterocycles. The summed E-state index contributed by atoms with van der Waals surface area (Å²) in [6.07, 6.45) is 0.224. The van der Waals surface area contributed by atoms with Gasteiger partial charge < -0.3 is 4.74 Å². The quantitative estimate of drug-likeness (QED) is 0.749. The van der Waals surface area contributed by atoms with Crippen LogP contribution in [0, 0.1) is 0 Å². The van der Waals surface area contributed by atoms with Gasteiger partial charge in [0.15, 0.2) is 0 Å². The molecule has 84 valence electrons. The molecule has 1 N–H and O–H groups in total. The summed E-state index contributed by atoms with van der Waals surface area (Å²) in [7, 11) is 3.96. The van der Waals surface area contributed by atoms with E-state index >= 15 is 0 Å². The van der Waals surface area contributed by atoms with Crippen molar-refractivity contribution in [1.29, 1.82) is 0 Å². The fourth-order valence-corrected chi connectivity index (χ4v) is 1.25. The van der Waals surface area contributed by atoms with Crippen LogP contribution in [-0.2, 0) is 6.54 Å². The van der Waals surface area contributed by atoms with Crippen molar-refractivity contribution in [2.45, 2.75) is 26.5 Å². The third kappa shape index (κ3) is 4.81. The molecule has 0 aliphatic rings. The van der Waals surface area contributed by atoms with Crippen LogP contribution in [0.3, 0.4) is 0 Å². The van der Waals surface area contributed by atoms with Gasteiger partial charge in [-0.05, 0) is 31.5 Å². The number of hydrazine groups is 1. The van der Waals surface area contributed by atoms with Crippen LogP contribution in [0.5, 0.6) is 5.75 Å². The molecule has 0 amide bonds. The van der Waals surface area contributed by atoms with E-state index in [4.69, 9.17) is 4.74 Å². The Bertz CT molecular complexity index is 297. The second-order valence-electron chi connectivity index (χ2n) is 4.04. The molecule has 0 radical (unpaired) electrons. The maximum atomic E-state index is 5.62. The normalized spacial score (nSPS) is 11.1. The van der Waals surface area contributed by atoms with Gasteiger partial charge in [-0.15, -0.1) is 0 Å². The molecule has 0 heterocycles. The zero-order valence-electron chi connectivity index (χ0n) is 9.95. The smallest absolute Gasteiger partial charge is 0.120 e. The van der Waals surface area contributed by atoms with Gasteiger partial charge in [-0.1, -0.05) is 12.1 Å². The van der Waals surface area contributed by atoms with Crippen LogP contribution in [0.25, 0.3) is 0 Å². The monoisotopic (exact) mass is 208 g/mol. The van der Waals surface area contributed by atoms with Gasteiger partial charge in [0.1, 0.15) is 5.75 Å². The number of hydrogen-bond acceptors (Lipinski definition) is 3. The molecule has 0 spiro atoms. The van der Waals surface area contributed by atoms with Gasteiger partial charge in [-0.25, -0.2) is 0 Å². The third-order valence-electron chi connectivity index (χ3n) is 1.87. The predicted molar refractivity (Wildman–Crippen MR) is 62.7 cm³/mol. The summed E-state index contributed by atoms with van der Waals surface area (Å²) in [5.41, 5.74) is 4.44. The van der Waals surface area contributed by atoms with E-state index in [9.17, 15) is 0 Å². The molecule has 0 aliphatic heterocycles. The van der Waals surface area contributed by atoms with Crippen LogP contribution < -0.4 is 10.2 Å². The summed E-state index contributed by atoms with van der Waals surface area (Å²) in [5, 5.41) is 1.94. The predicted octanol–water partition coefficient (Wildman–Crippen LogP) is 2.04. The molecule has 1 aromatic carbocycles. The van der Waals surface area contributed by atoms with Crippen LogP contribution in [0.2, 0.25) is 0 Å². The molecule has 0 aliphatic carbocycles. The highest BCUT2D eigenvalue weighted by molar-refractivity contribution is 5.28. The average molecular weight is 208 g/mol. The van der Waals surface area contributed by atoms with Gasteiger partial charge in [0.2, 0.25) is 0 Å². The molecule has 0 aromatic heterocycles. The van der Waals surface area contributed by atoms with E-state index in [0.29, 0.717) is 0 Å². The Labute approximate surface area is 92.0 Å². The Hall–Kier alpha value is -1.06. The van der Waals surface area contributed by atoms with Crippen molar-refractivity contribution in [3.63, 3.8) is 0 Å². The molecule has 0 saturated carbocycles. The maximum Gasteiger partial charge on any atom is 0.120 e. The van der Waals surface area contributed by atoms with E-state index < -0.39 is 0 Å². The molecular formula is C12H20N2O. The minimum absolute atomic E-state index is 0.224. The molecule has 3 heteroatoms. The fraction of sp³-hybridized carbons (Fsp3) is 0.500. The number of nitrogens with zero attached hydrogens (tertiary/aromatic N) is 1. The minimum Gasteiger partial charge on any atom is -0.491 e. The molecule has 15 heavy (non-hydrogen) atoms. The zero-order chi connectivity index (χ0) is 11.3. The fourth-order valence-electron chi connectivity index (χ4n) is 1.25. The summed E-state index contributed by atoms with van der Waals surface area (Å²) in [6.45, 7) is 4.89. The van der Waals surface area contributed by atoms with Crippen molar-refractivity contribution in [3.05, 3.63) is 29.8 Å². The lowest BCUT2D eigenvalue weighted by molar-refractivity contribution is 0.241. The molecule has 0 atom stereocenters. The Morgan fingerprint density at radius 2 is 2.07 bits per heavy atom. The van der Waals surface area contributed by atoms with E-state index in [-0.39, 0.29) is 6.10 Å². The lowest BCUT2D eigenvalue weighted by Crippen LogP contribution is -2.29. The van der Waals surface area contributed by atoms with Crippen molar-refractivity contribution >= 4 is 0 Å². The largest absolute Gasteiger partial charge is 0.491 e. The Balaban J connectivity index is 2.57. The first kappa shape index (κ1) is 12.0. The Morgan fingerprint density at radius 1 is 1.33 bits per heavy atom. The average Bonchev–Trinajstić information content (AvgIpc) is 2.14. The second-order valence-corrected chi connectivity index (χ2v) is 4.04. The number of hydrogen-bond donors (Lipinski definition) is 1. The summed E-state index contributed by atoms with van der Waals surface area (Å²) >= 11 is 0. The van der Waals surface area contributed by atoms with Gasteiger partial charge in [0, 0.05) is 20.6 Å². The molecule has 0 fully saturated rings. The van der Waals surface area contributed by atoms with Crippen molar-refractivity contribution in [2.24, 2.45) is 0 Å². The summed E-state index contributed by atoms with van der Waals surface area (Å²) in [4.78, 5) is 0. The van der Waals surface area contributed by atoms with Gasteiger partial charge in [-0.2, -0.15) is 0 Å². The summed E-state index contributed by atoms with van der Waals surface area (Å²) < 4.78 is 5.62. The molecule has 1 rings (SSSR count). The SMILES string of the molecule is CC(C)Oc1cccc(CNN(C)C)c1. The number of benzene rings is 1. The Kier molecular flexibility index (Phi) is 4.59. The molecule has 1 aromatic rings. The van der Waals surface area contributed by atoms with E-state index in [1.54, 1.807) is 0 Å². The van der Waals surface area contributed by atoms with E-state index in [1.807, 2.05) is 45.1 Å². The molecule has 0 unspecified atom stereocenters. The minimum atomic E-state index is 0.224. The summed E-state index contributed by atoms with van der Waals surface area (Å²) in [6, 6.07) is 8.16. The molecule has 3 nitrogen and oxygen atoms in total. The van der Waals surface area contributed by atoms with Crippen molar-refractivity contribution in [1.82, 2.24) is 10.4 Å². The van der Waals surface area contributed by atoms with Crippen LogP contribution >= 0.6 is 0 Å². The lowest BCUT2D eigenvalue weighted by Gasteiger charge is -2.13.